The molecule has 0 atom stereocenters. The summed E-state index contributed by atoms with van der Waals surface area (Å²) < 4.78 is 5.46. The third-order valence-electron chi connectivity index (χ3n) is 5.60. The van der Waals surface area contributed by atoms with Crippen molar-refractivity contribution in [1.29, 1.82) is 0 Å². The van der Waals surface area contributed by atoms with Gasteiger partial charge in [0.2, 0.25) is 0 Å². The molecule has 4 aromatic rings. The van der Waals surface area contributed by atoms with Crippen molar-refractivity contribution in [1.82, 2.24) is 0 Å². The maximum atomic E-state index is 13.1. The second-order valence-electron chi connectivity index (χ2n) is 7.21. The minimum atomic E-state index is -0.301. The van der Waals surface area contributed by atoms with Gasteiger partial charge in [0.25, 0.3) is 0 Å². The van der Waals surface area contributed by atoms with Crippen LogP contribution in [-0.2, 0) is 9.53 Å². The third kappa shape index (κ3) is 2.62. The molecule has 0 radical (unpaired) electrons. The summed E-state index contributed by atoms with van der Waals surface area (Å²) in [5, 5.41) is 4.73. The van der Waals surface area contributed by atoms with Gasteiger partial charge in [-0.25, -0.2) is 4.79 Å². The van der Waals surface area contributed by atoms with Gasteiger partial charge in [-0.3, -0.25) is 0 Å². The van der Waals surface area contributed by atoms with E-state index in [0.29, 0.717) is 12.3 Å². The molecule has 0 unspecified atom stereocenters. The van der Waals surface area contributed by atoms with E-state index in [1.165, 1.54) is 16.2 Å². The van der Waals surface area contributed by atoms with Crippen LogP contribution >= 0.6 is 0 Å². The summed E-state index contributed by atoms with van der Waals surface area (Å²) in [6, 6.07) is 27.0. The molecule has 5 rings (SSSR count). The zero-order chi connectivity index (χ0) is 20.0. The lowest BCUT2D eigenvalue weighted by Crippen LogP contribution is -2.29. The van der Waals surface area contributed by atoms with Crippen molar-refractivity contribution < 1.29 is 9.53 Å². The highest BCUT2D eigenvalue weighted by Gasteiger charge is 2.31. The summed E-state index contributed by atoms with van der Waals surface area (Å²) in [4.78, 5) is 15.1. The van der Waals surface area contributed by atoms with E-state index < -0.39 is 0 Å². The molecule has 3 heteroatoms. The van der Waals surface area contributed by atoms with Gasteiger partial charge in [0.15, 0.2) is 0 Å². The van der Waals surface area contributed by atoms with Crippen LogP contribution < -0.4 is 4.90 Å². The molecule has 1 aliphatic heterocycles. The number of carbonyl (C=O) groups excluding carboxylic acids is 1. The number of nitrogens with zero attached hydrogens (tertiary/aromatic N) is 1. The minimum Gasteiger partial charge on any atom is -0.461 e. The van der Waals surface area contributed by atoms with Gasteiger partial charge in [-0.15, -0.1) is 0 Å². The van der Waals surface area contributed by atoms with Gasteiger partial charge in [0, 0.05) is 18.0 Å². The van der Waals surface area contributed by atoms with Crippen LogP contribution in [0.2, 0.25) is 0 Å². The first-order valence-electron chi connectivity index (χ1n) is 9.86. The largest absolute Gasteiger partial charge is 0.461 e. The van der Waals surface area contributed by atoms with Crippen LogP contribution in [0.5, 0.6) is 0 Å². The molecule has 4 aromatic carbocycles. The molecule has 0 aliphatic carbocycles. The van der Waals surface area contributed by atoms with Crippen molar-refractivity contribution in [3.05, 3.63) is 95.7 Å². The molecule has 0 aromatic heterocycles. The Bertz CT molecular complexity index is 1290. The fraction of sp³-hybridized carbons (Fsp3) is 0.115. The van der Waals surface area contributed by atoms with Crippen molar-refractivity contribution in [2.24, 2.45) is 0 Å². The Labute approximate surface area is 169 Å². The van der Waals surface area contributed by atoms with Gasteiger partial charge in [-0.2, -0.15) is 0 Å². The number of carbonyl (C=O) groups is 1. The summed E-state index contributed by atoms with van der Waals surface area (Å²) in [6.07, 6.45) is 0. The number of benzene rings is 4. The van der Waals surface area contributed by atoms with E-state index in [4.69, 9.17) is 4.74 Å². The van der Waals surface area contributed by atoms with Crippen LogP contribution in [-0.4, -0.2) is 19.6 Å². The Kier molecular flexibility index (Phi) is 4.09. The van der Waals surface area contributed by atoms with Gasteiger partial charge >= 0.3 is 5.97 Å². The second-order valence-corrected chi connectivity index (χ2v) is 7.21. The predicted molar refractivity (Wildman–Crippen MR) is 119 cm³/mol. The molecule has 1 heterocycles. The third-order valence-corrected chi connectivity index (χ3v) is 5.60. The molecule has 1 aliphatic rings. The van der Waals surface area contributed by atoms with Crippen molar-refractivity contribution in [2.75, 3.05) is 18.6 Å². The van der Waals surface area contributed by atoms with Gasteiger partial charge in [-0.05, 0) is 40.3 Å². The molecule has 0 fully saturated rings. The van der Waals surface area contributed by atoms with Crippen molar-refractivity contribution in [2.45, 2.75) is 6.92 Å². The Morgan fingerprint density at radius 1 is 0.897 bits per heavy atom. The SMILES string of the molecule is CCOC(=O)C1=C(c2ccccc2)c2cccc3c2c(cc2ccccc23)N1C. The highest BCUT2D eigenvalue weighted by Crippen LogP contribution is 2.46. The molecular formula is C26H21NO2. The Balaban J connectivity index is 1.93. The lowest BCUT2D eigenvalue weighted by molar-refractivity contribution is -0.138. The summed E-state index contributed by atoms with van der Waals surface area (Å²) in [5.41, 5.74) is 4.59. The van der Waals surface area contributed by atoms with E-state index in [1.54, 1.807) is 0 Å². The monoisotopic (exact) mass is 379 g/mol. The topological polar surface area (TPSA) is 29.5 Å². The molecule has 0 amide bonds. The van der Waals surface area contributed by atoms with Crippen LogP contribution in [0, 0.1) is 0 Å². The van der Waals surface area contributed by atoms with Crippen molar-refractivity contribution >= 4 is 38.8 Å². The van der Waals surface area contributed by atoms with Gasteiger partial charge in [0.1, 0.15) is 5.70 Å². The Morgan fingerprint density at radius 3 is 2.41 bits per heavy atom. The lowest BCUT2D eigenvalue weighted by atomic mass is 9.86. The Morgan fingerprint density at radius 2 is 1.62 bits per heavy atom. The van der Waals surface area contributed by atoms with E-state index in [9.17, 15) is 4.79 Å². The van der Waals surface area contributed by atoms with E-state index >= 15 is 0 Å². The van der Waals surface area contributed by atoms with Gasteiger partial charge in [-0.1, -0.05) is 72.8 Å². The summed E-state index contributed by atoms with van der Waals surface area (Å²) in [7, 11) is 1.95. The van der Waals surface area contributed by atoms with Gasteiger partial charge in [0.05, 0.1) is 12.3 Å². The molecule has 0 saturated carbocycles. The molecule has 3 nitrogen and oxygen atoms in total. The summed E-state index contributed by atoms with van der Waals surface area (Å²) in [5.74, 6) is -0.301. The van der Waals surface area contributed by atoms with E-state index in [1.807, 2.05) is 55.3 Å². The van der Waals surface area contributed by atoms with Crippen LogP contribution in [0.1, 0.15) is 18.1 Å². The maximum Gasteiger partial charge on any atom is 0.355 e. The maximum absolute atomic E-state index is 13.1. The van der Waals surface area contributed by atoms with E-state index in [2.05, 4.69) is 42.5 Å². The highest BCUT2D eigenvalue weighted by molar-refractivity contribution is 6.22. The zero-order valence-corrected chi connectivity index (χ0v) is 16.5. The first-order chi connectivity index (χ1) is 14.2. The number of fused-ring (bicyclic) bond motifs is 2. The first kappa shape index (κ1) is 17.5. The van der Waals surface area contributed by atoms with Crippen LogP contribution in [0.4, 0.5) is 5.69 Å². The highest BCUT2D eigenvalue weighted by atomic mass is 16.5. The molecule has 0 spiro atoms. The minimum absolute atomic E-state index is 0.301. The average molecular weight is 379 g/mol. The van der Waals surface area contributed by atoms with Crippen molar-refractivity contribution in [3.63, 3.8) is 0 Å². The number of esters is 1. The Hall–Kier alpha value is -3.59. The van der Waals surface area contributed by atoms with Crippen LogP contribution in [0.15, 0.2) is 84.6 Å². The standard InChI is InChI=1S/C26H21NO2/c1-3-29-26(28)25-23(17-10-5-4-6-11-17)21-15-9-14-20-19-13-8-7-12-18(19)16-22(24(20)21)27(25)2/h4-16H,3H2,1-2H3. The molecular weight excluding hydrogens is 358 g/mol. The molecule has 0 saturated heterocycles. The zero-order valence-electron chi connectivity index (χ0n) is 16.5. The molecule has 29 heavy (non-hydrogen) atoms. The number of rotatable bonds is 3. The van der Waals surface area contributed by atoms with Gasteiger partial charge < -0.3 is 9.64 Å². The smallest absolute Gasteiger partial charge is 0.355 e. The number of ether oxygens (including phenoxy) is 1. The number of anilines is 1. The fourth-order valence-electron chi connectivity index (χ4n) is 4.36. The van der Waals surface area contributed by atoms with Crippen LogP contribution in [0.25, 0.3) is 27.1 Å². The van der Waals surface area contributed by atoms with E-state index in [0.717, 1.165) is 27.8 Å². The quantitative estimate of drug-likeness (QED) is 0.334. The molecule has 0 bridgehead atoms. The van der Waals surface area contributed by atoms with E-state index in [-0.39, 0.29) is 5.97 Å². The number of hydrogen-bond donors (Lipinski definition) is 0. The summed E-state index contributed by atoms with van der Waals surface area (Å²) in [6.45, 7) is 2.18. The normalized spacial score (nSPS) is 13.2. The first-order valence-corrected chi connectivity index (χ1v) is 9.86. The lowest BCUT2D eigenvalue weighted by Gasteiger charge is -2.32. The van der Waals surface area contributed by atoms with Crippen LogP contribution in [0.3, 0.4) is 0 Å². The average Bonchev–Trinajstić information content (AvgIpc) is 2.76. The molecule has 142 valence electrons. The van der Waals surface area contributed by atoms with Crippen molar-refractivity contribution in [3.8, 4) is 0 Å². The second kappa shape index (κ2) is 6.78. The number of hydrogen-bond acceptors (Lipinski definition) is 3. The fourth-order valence-corrected chi connectivity index (χ4v) is 4.36. The number of likely N-dealkylation sites (N-methyl/N-ethyl adjacent to an activating group) is 1. The summed E-state index contributed by atoms with van der Waals surface area (Å²) >= 11 is 0. The predicted octanol–water partition coefficient (Wildman–Crippen LogP) is 5.77. The molecule has 0 N–H and O–H groups in total.